The number of aryl methyl sites for hydroxylation is 2. The minimum Gasteiger partial charge on any atom is -0.496 e. The van der Waals surface area contributed by atoms with Gasteiger partial charge in [0.2, 0.25) is 0 Å². The van der Waals surface area contributed by atoms with Crippen LogP contribution in [0, 0.1) is 6.92 Å². The summed E-state index contributed by atoms with van der Waals surface area (Å²) in [4.78, 5) is 2.17. The Morgan fingerprint density at radius 3 is 2.40 bits per heavy atom. The first-order valence-corrected chi connectivity index (χ1v) is 7.02. The molecule has 106 valence electrons. The first-order chi connectivity index (χ1) is 9.56. The highest BCUT2D eigenvalue weighted by Gasteiger charge is 2.10. The van der Waals surface area contributed by atoms with Gasteiger partial charge in [-0.1, -0.05) is 31.2 Å². The van der Waals surface area contributed by atoms with Crippen molar-refractivity contribution in [2.24, 2.45) is 0 Å². The van der Waals surface area contributed by atoms with Crippen molar-refractivity contribution in [3.63, 3.8) is 0 Å². The van der Waals surface area contributed by atoms with Gasteiger partial charge in [0.1, 0.15) is 5.75 Å². The van der Waals surface area contributed by atoms with Gasteiger partial charge >= 0.3 is 0 Å². The summed E-state index contributed by atoms with van der Waals surface area (Å²) >= 11 is 0. The van der Waals surface area contributed by atoms with Crippen molar-refractivity contribution < 1.29 is 4.74 Å². The molecule has 20 heavy (non-hydrogen) atoms. The Morgan fingerprint density at radius 1 is 1.05 bits per heavy atom. The first-order valence-electron chi connectivity index (χ1n) is 7.02. The molecular weight excluding hydrogens is 246 g/mol. The van der Waals surface area contributed by atoms with Crippen molar-refractivity contribution in [2.75, 3.05) is 26.1 Å². The summed E-state index contributed by atoms with van der Waals surface area (Å²) in [5.74, 6) is 0.930. The van der Waals surface area contributed by atoms with Crippen LogP contribution in [-0.4, -0.2) is 21.2 Å². The fraction of sp³-hybridized carbons (Fsp3) is 0.333. The minimum absolute atomic E-state index is 0.930. The molecule has 2 heteroatoms. The average Bonchev–Trinajstić information content (AvgIpc) is 2.46. The van der Waals surface area contributed by atoms with E-state index in [1.165, 1.54) is 22.4 Å². The van der Waals surface area contributed by atoms with E-state index in [-0.39, 0.29) is 0 Å². The fourth-order valence-electron chi connectivity index (χ4n) is 2.48. The second kappa shape index (κ2) is 6.00. The second-order valence-corrected chi connectivity index (χ2v) is 5.30. The lowest BCUT2D eigenvalue weighted by molar-refractivity contribution is 0.416. The van der Waals surface area contributed by atoms with Gasteiger partial charge in [0.05, 0.1) is 7.11 Å². The maximum Gasteiger partial charge on any atom is 0.126 e. The number of nitrogens with zero attached hydrogens (tertiary/aromatic N) is 1. The van der Waals surface area contributed by atoms with Crippen molar-refractivity contribution >= 4 is 5.69 Å². The SMILES string of the molecule is CCc1ccc(-c2ccc(C)cc2OC)cc1N(C)C. The maximum absolute atomic E-state index is 5.52. The van der Waals surface area contributed by atoms with Crippen LogP contribution in [0.4, 0.5) is 5.69 Å². The Kier molecular flexibility index (Phi) is 4.33. The molecule has 0 radical (unpaired) electrons. The zero-order chi connectivity index (χ0) is 14.7. The van der Waals surface area contributed by atoms with Crippen molar-refractivity contribution in [1.29, 1.82) is 0 Å². The Hall–Kier alpha value is -1.96. The summed E-state index contributed by atoms with van der Waals surface area (Å²) in [6.07, 6.45) is 1.04. The molecule has 0 aliphatic carbocycles. The molecule has 0 unspecified atom stereocenters. The predicted molar refractivity (Wildman–Crippen MR) is 86.9 cm³/mol. The number of benzene rings is 2. The van der Waals surface area contributed by atoms with E-state index < -0.39 is 0 Å². The van der Waals surface area contributed by atoms with Gasteiger partial charge in [-0.15, -0.1) is 0 Å². The van der Waals surface area contributed by atoms with Gasteiger partial charge in [-0.3, -0.25) is 0 Å². The summed E-state index contributed by atoms with van der Waals surface area (Å²) in [7, 11) is 5.90. The largest absolute Gasteiger partial charge is 0.496 e. The van der Waals surface area contributed by atoms with E-state index in [1.54, 1.807) is 7.11 Å². The van der Waals surface area contributed by atoms with Crippen molar-refractivity contribution in [1.82, 2.24) is 0 Å². The molecule has 0 saturated heterocycles. The van der Waals surface area contributed by atoms with Gasteiger partial charge in [-0.05, 0) is 42.2 Å². The second-order valence-electron chi connectivity index (χ2n) is 5.30. The van der Waals surface area contributed by atoms with Crippen molar-refractivity contribution in [3.05, 3.63) is 47.5 Å². The van der Waals surface area contributed by atoms with Crippen LogP contribution in [-0.2, 0) is 6.42 Å². The molecule has 2 nitrogen and oxygen atoms in total. The number of ether oxygens (including phenoxy) is 1. The summed E-state index contributed by atoms with van der Waals surface area (Å²) in [6, 6.07) is 13.0. The number of methoxy groups -OCH3 is 1. The third-order valence-corrected chi connectivity index (χ3v) is 3.62. The molecule has 0 aromatic heterocycles. The summed E-state index contributed by atoms with van der Waals surface area (Å²) in [5, 5.41) is 0. The van der Waals surface area contributed by atoms with Crippen molar-refractivity contribution in [2.45, 2.75) is 20.3 Å². The van der Waals surface area contributed by atoms with Crippen LogP contribution >= 0.6 is 0 Å². The third-order valence-electron chi connectivity index (χ3n) is 3.62. The van der Waals surface area contributed by atoms with Crippen LogP contribution in [0.1, 0.15) is 18.1 Å². The van der Waals surface area contributed by atoms with Crippen LogP contribution in [0.15, 0.2) is 36.4 Å². The summed E-state index contributed by atoms with van der Waals surface area (Å²) in [5.41, 5.74) is 6.19. The predicted octanol–water partition coefficient (Wildman–Crippen LogP) is 4.30. The van der Waals surface area contributed by atoms with Crippen LogP contribution in [0.2, 0.25) is 0 Å². The lowest BCUT2D eigenvalue weighted by Crippen LogP contribution is -2.11. The molecule has 2 aromatic carbocycles. The van der Waals surface area contributed by atoms with E-state index in [0.717, 1.165) is 17.7 Å². The zero-order valence-electron chi connectivity index (χ0n) is 13.0. The number of hydrogen-bond acceptors (Lipinski definition) is 2. The molecular formula is C18H23NO. The fourth-order valence-corrected chi connectivity index (χ4v) is 2.48. The third kappa shape index (κ3) is 2.79. The highest BCUT2D eigenvalue weighted by molar-refractivity contribution is 5.75. The van der Waals surface area contributed by atoms with E-state index in [4.69, 9.17) is 4.74 Å². The van der Waals surface area contributed by atoms with E-state index >= 15 is 0 Å². The molecule has 0 fully saturated rings. The summed E-state index contributed by atoms with van der Waals surface area (Å²) < 4.78 is 5.52. The standard InChI is InChI=1S/C18H23NO/c1-6-14-8-9-15(12-17(14)19(3)4)16-10-7-13(2)11-18(16)20-5/h7-12H,6H2,1-5H3. The number of anilines is 1. The first kappa shape index (κ1) is 14.4. The smallest absolute Gasteiger partial charge is 0.126 e. The van der Waals surface area contributed by atoms with Gasteiger partial charge in [0.15, 0.2) is 0 Å². The number of rotatable bonds is 4. The van der Waals surface area contributed by atoms with Crippen LogP contribution in [0.25, 0.3) is 11.1 Å². The molecule has 0 amide bonds. The summed E-state index contributed by atoms with van der Waals surface area (Å²) in [6.45, 7) is 4.27. The Labute approximate surface area is 122 Å². The molecule has 2 aromatic rings. The van der Waals surface area contributed by atoms with Gasteiger partial charge < -0.3 is 9.64 Å². The molecule has 0 atom stereocenters. The molecule has 0 aliphatic rings. The van der Waals surface area contributed by atoms with E-state index in [2.05, 4.69) is 69.2 Å². The van der Waals surface area contributed by atoms with E-state index in [1.807, 2.05) is 0 Å². The van der Waals surface area contributed by atoms with Crippen molar-refractivity contribution in [3.8, 4) is 16.9 Å². The van der Waals surface area contributed by atoms with E-state index in [9.17, 15) is 0 Å². The molecule has 0 bridgehead atoms. The van der Waals surface area contributed by atoms with E-state index in [0.29, 0.717) is 0 Å². The minimum atomic E-state index is 0.930. The van der Waals surface area contributed by atoms with Gasteiger partial charge in [-0.2, -0.15) is 0 Å². The Morgan fingerprint density at radius 2 is 1.80 bits per heavy atom. The molecule has 0 heterocycles. The highest BCUT2D eigenvalue weighted by atomic mass is 16.5. The lowest BCUT2D eigenvalue weighted by atomic mass is 9.99. The van der Waals surface area contributed by atoms with Crippen LogP contribution < -0.4 is 9.64 Å². The Bertz CT molecular complexity index is 602. The maximum atomic E-state index is 5.52. The quantitative estimate of drug-likeness (QED) is 0.820. The molecule has 0 N–H and O–H groups in total. The average molecular weight is 269 g/mol. The van der Waals surface area contributed by atoms with Crippen LogP contribution in [0.3, 0.4) is 0 Å². The molecule has 0 aliphatic heterocycles. The van der Waals surface area contributed by atoms with Crippen LogP contribution in [0.5, 0.6) is 5.75 Å². The molecule has 0 saturated carbocycles. The normalized spacial score (nSPS) is 10.4. The van der Waals surface area contributed by atoms with Gasteiger partial charge in [0.25, 0.3) is 0 Å². The molecule has 2 rings (SSSR count). The highest BCUT2D eigenvalue weighted by Crippen LogP contribution is 2.34. The van der Waals surface area contributed by atoms with Gasteiger partial charge in [0, 0.05) is 25.3 Å². The topological polar surface area (TPSA) is 12.5 Å². The lowest BCUT2D eigenvalue weighted by Gasteiger charge is -2.19. The monoisotopic (exact) mass is 269 g/mol. The zero-order valence-corrected chi connectivity index (χ0v) is 13.0. The molecule has 0 spiro atoms. The Balaban J connectivity index is 2.56. The van der Waals surface area contributed by atoms with Gasteiger partial charge in [-0.25, -0.2) is 0 Å². The number of hydrogen-bond donors (Lipinski definition) is 0.